The molecule has 2 aliphatic heterocycles. The maximum absolute atomic E-state index is 15.2. The van der Waals surface area contributed by atoms with Crippen LogP contribution < -0.4 is 19.1 Å². The molecule has 1 saturated heterocycles. The number of carboxylic acids is 2. The first-order valence-electron chi connectivity index (χ1n) is 14.7. The second kappa shape index (κ2) is 15.1. The molecule has 0 radical (unpaired) electrons. The van der Waals surface area contributed by atoms with Gasteiger partial charge in [0.25, 0.3) is 0 Å². The fraction of sp³-hybridized carbons (Fsp3) is 0.500. The van der Waals surface area contributed by atoms with Crippen molar-refractivity contribution in [3.8, 4) is 17.2 Å². The molecule has 0 saturated carbocycles. The summed E-state index contributed by atoms with van der Waals surface area (Å²) in [4.78, 5) is 37.2. The number of hydrogen-bond acceptors (Lipinski definition) is 9. The zero-order valence-corrected chi connectivity index (χ0v) is 27.4. The van der Waals surface area contributed by atoms with Gasteiger partial charge in [-0.05, 0) is 42.0 Å². The van der Waals surface area contributed by atoms with Gasteiger partial charge in [-0.1, -0.05) is 20.8 Å². The van der Waals surface area contributed by atoms with Crippen molar-refractivity contribution in [2.45, 2.75) is 57.9 Å². The van der Waals surface area contributed by atoms with Gasteiger partial charge in [-0.25, -0.2) is 14.0 Å². The number of piperidine rings is 1. The number of halogens is 4. The lowest BCUT2D eigenvalue weighted by atomic mass is 9.84. The molecule has 12 nitrogen and oxygen atoms in total. The van der Waals surface area contributed by atoms with Crippen LogP contribution in [0.1, 0.15) is 60.7 Å². The molecule has 48 heavy (non-hydrogen) atoms. The summed E-state index contributed by atoms with van der Waals surface area (Å²) < 4.78 is 68.8. The van der Waals surface area contributed by atoms with Crippen molar-refractivity contribution in [3.05, 3.63) is 46.3 Å². The smallest absolute Gasteiger partial charge is 0.490 e. The van der Waals surface area contributed by atoms with Crippen LogP contribution in [-0.2, 0) is 26.3 Å². The lowest BCUT2D eigenvalue weighted by molar-refractivity contribution is -0.192. The summed E-state index contributed by atoms with van der Waals surface area (Å²) in [6, 6.07) is 5.30. The Kier molecular flexibility index (Phi) is 11.9. The Morgan fingerprint density at radius 1 is 0.958 bits per heavy atom. The van der Waals surface area contributed by atoms with Crippen LogP contribution in [0.5, 0.6) is 17.2 Å². The number of benzene rings is 2. The van der Waals surface area contributed by atoms with Crippen molar-refractivity contribution in [1.82, 2.24) is 4.90 Å². The van der Waals surface area contributed by atoms with E-state index in [4.69, 9.17) is 39.4 Å². The summed E-state index contributed by atoms with van der Waals surface area (Å²) in [7, 11) is 4.37. The van der Waals surface area contributed by atoms with E-state index in [1.54, 1.807) is 18.1 Å². The first-order valence-corrected chi connectivity index (χ1v) is 14.7. The lowest BCUT2D eigenvalue weighted by Gasteiger charge is -2.36. The largest absolute Gasteiger partial charge is 0.494 e. The van der Waals surface area contributed by atoms with Gasteiger partial charge in [0, 0.05) is 30.8 Å². The number of carbonyl (C=O) groups excluding carboxylic acids is 1. The van der Waals surface area contributed by atoms with E-state index in [1.807, 2.05) is 32.9 Å². The van der Waals surface area contributed by atoms with Crippen LogP contribution >= 0.6 is 0 Å². The molecule has 0 atom stereocenters. The van der Waals surface area contributed by atoms with Crippen LogP contribution in [0.2, 0.25) is 0 Å². The summed E-state index contributed by atoms with van der Waals surface area (Å²) in [5.74, 6) is -3.89. The third-order valence-corrected chi connectivity index (χ3v) is 7.81. The molecule has 0 aliphatic carbocycles. The minimum atomic E-state index is -5.08. The van der Waals surface area contributed by atoms with E-state index in [2.05, 4.69) is 4.90 Å². The maximum Gasteiger partial charge on any atom is 0.490 e. The van der Waals surface area contributed by atoms with Gasteiger partial charge in [0.2, 0.25) is 0 Å². The molecule has 4 rings (SSSR count). The van der Waals surface area contributed by atoms with Crippen molar-refractivity contribution in [1.29, 1.82) is 5.41 Å². The Morgan fingerprint density at radius 3 is 2.02 bits per heavy atom. The predicted molar refractivity (Wildman–Crippen MR) is 165 cm³/mol. The standard InChI is InChI=1S/C30H38FN3O7.C2HF3O2/c1-30(2,3)20-11-17(12-21(27(20)39-5)33-9-7-19(8-10-33)41-16-24(36)37)22(35)15-34-14-18-13-23(38-4)28(40-6)26(31)25(18)29(34)32;3-2(4,5)1(6)7/h11-13,19,32H,7-10,14-16H2,1-6H3,(H,36,37);(H,6,7). The third-order valence-electron chi connectivity index (χ3n) is 7.81. The zero-order chi connectivity index (χ0) is 36.1. The molecular formula is C32H39F4N3O9. The third kappa shape index (κ3) is 8.65. The molecule has 2 heterocycles. The maximum atomic E-state index is 15.2. The van der Waals surface area contributed by atoms with E-state index >= 15 is 4.39 Å². The Balaban J connectivity index is 0.000000804. The molecular weight excluding hydrogens is 646 g/mol. The number of fused-ring (bicyclic) bond motifs is 1. The highest BCUT2D eigenvalue weighted by atomic mass is 19.4. The average molecular weight is 686 g/mol. The molecule has 3 N–H and O–H groups in total. The minimum absolute atomic E-state index is 0.0732. The normalized spacial score (nSPS) is 15.0. The van der Waals surface area contributed by atoms with E-state index in [0.717, 1.165) is 11.3 Å². The SMILES string of the molecule is COc1cc2c(c(F)c1OC)C(=N)N(CC(=O)c1cc(N3CCC(OCC(=O)O)CC3)c(OC)c(C(C)(C)C)c1)C2.O=C(O)C(F)(F)F. The van der Waals surface area contributed by atoms with Gasteiger partial charge in [0.15, 0.2) is 23.1 Å². The topological polar surface area (TPSA) is 159 Å². The molecule has 2 aromatic carbocycles. The Bertz CT molecular complexity index is 1550. The Labute approximate surface area is 274 Å². The van der Waals surface area contributed by atoms with Gasteiger partial charge in [-0.3, -0.25) is 10.2 Å². The molecule has 16 heteroatoms. The fourth-order valence-electron chi connectivity index (χ4n) is 5.46. The highest BCUT2D eigenvalue weighted by molar-refractivity contribution is 6.06. The van der Waals surface area contributed by atoms with E-state index in [0.29, 0.717) is 42.8 Å². The van der Waals surface area contributed by atoms with Crippen LogP contribution in [0, 0.1) is 11.2 Å². The summed E-state index contributed by atoms with van der Waals surface area (Å²) in [6.07, 6.45) is -3.96. The zero-order valence-electron chi connectivity index (χ0n) is 27.4. The number of anilines is 1. The van der Waals surface area contributed by atoms with Crippen molar-refractivity contribution < 1.29 is 61.1 Å². The molecule has 0 bridgehead atoms. The quantitative estimate of drug-likeness (QED) is 0.231. The predicted octanol–water partition coefficient (Wildman–Crippen LogP) is 4.88. The van der Waals surface area contributed by atoms with E-state index in [9.17, 15) is 22.8 Å². The summed E-state index contributed by atoms with van der Waals surface area (Å²) in [5, 5.41) is 24.7. The first-order chi connectivity index (χ1) is 22.3. The molecule has 264 valence electrons. The number of nitrogens with one attached hydrogen (secondary N) is 1. The van der Waals surface area contributed by atoms with Crippen LogP contribution in [0.25, 0.3) is 0 Å². The number of ketones is 1. The number of nitrogens with zero attached hydrogens (tertiary/aromatic N) is 2. The van der Waals surface area contributed by atoms with Gasteiger partial charge in [0.1, 0.15) is 18.2 Å². The second-order valence-corrected chi connectivity index (χ2v) is 12.1. The average Bonchev–Trinajstić information content (AvgIpc) is 3.33. The summed E-state index contributed by atoms with van der Waals surface area (Å²) >= 11 is 0. The van der Waals surface area contributed by atoms with Crippen molar-refractivity contribution in [2.24, 2.45) is 0 Å². The molecule has 0 unspecified atom stereocenters. The monoisotopic (exact) mass is 685 g/mol. The molecule has 0 aromatic heterocycles. The molecule has 1 fully saturated rings. The van der Waals surface area contributed by atoms with Crippen LogP contribution in [0.15, 0.2) is 18.2 Å². The number of aliphatic carboxylic acids is 2. The number of ether oxygens (including phenoxy) is 4. The number of Topliss-reactive ketones (excluding diaryl/α,β-unsaturated/α-hetero) is 1. The van der Waals surface area contributed by atoms with Gasteiger partial charge < -0.3 is 39.0 Å². The molecule has 2 aromatic rings. The molecule has 0 amide bonds. The van der Waals surface area contributed by atoms with E-state index in [1.165, 1.54) is 14.2 Å². The lowest BCUT2D eigenvalue weighted by Crippen LogP contribution is -2.38. The first kappa shape index (κ1) is 37.9. The molecule has 0 spiro atoms. The summed E-state index contributed by atoms with van der Waals surface area (Å²) in [6.45, 7) is 7.11. The number of hydrogen-bond donors (Lipinski definition) is 3. The Morgan fingerprint density at radius 2 is 1.54 bits per heavy atom. The van der Waals surface area contributed by atoms with E-state index < -0.39 is 23.9 Å². The van der Waals surface area contributed by atoms with Gasteiger partial charge in [0.05, 0.1) is 45.2 Å². The van der Waals surface area contributed by atoms with Gasteiger partial charge >= 0.3 is 18.1 Å². The van der Waals surface area contributed by atoms with Crippen molar-refractivity contribution in [2.75, 3.05) is 52.5 Å². The second-order valence-electron chi connectivity index (χ2n) is 12.1. The fourth-order valence-corrected chi connectivity index (χ4v) is 5.46. The van der Waals surface area contributed by atoms with Crippen molar-refractivity contribution in [3.63, 3.8) is 0 Å². The number of alkyl halides is 3. The van der Waals surface area contributed by atoms with E-state index in [-0.39, 0.29) is 59.9 Å². The van der Waals surface area contributed by atoms with Crippen molar-refractivity contribution >= 4 is 29.2 Å². The number of methoxy groups -OCH3 is 3. The molecule has 2 aliphatic rings. The van der Waals surface area contributed by atoms with Gasteiger partial charge in [-0.15, -0.1) is 0 Å². The highest BCUT2D eigenvalue weighted by Crippen LogP contribution is 2.42. The number of carboxylic acid groups (broad SMARTS) is 2. The van der Waals surface area contributed by atoms with Crippen LogP contribution in [-0.4, -0.2) is 98.5 Å². The number of carbonyl (C=O) groups is 3. The number of amidine groups is 1. The number of rotatable bonds is 10. The summed E-state index contributed by atoms with van der Waals surface area (Å²) in [5.41, 5.74) is 2.43. The van der Waals surface area contributed by atoms with Gasteiger partial charge in [-0.2, -0.15) is 13.2 Å². The van der Waals surface area contributed by atoms with Crippen LogP contribution in [0.3, 0.4) is 0 Å². The van der Waals surface area contributed by atoms with Crippen LogP contribution in [0.4, 0.5) is 23.2 Å². The highest BCUT2D eigenvalue weighted by Gasteiger charge is 2.38. The Hall–Kier alpha value is -4.60. The minimum Gasteiger partial charge on any atom is -0.494 e.